The third-order valence-corrected chi connectivity index (χ3v) is 10.2. The number of hydrogen-bond acceptors (Lipinski definition) is 7. The topological polar surface area (TPSA) is 69.6 Å². The van der Waals surface area contributed by atoms with Gasteiger partial charge in [0.15, 0.2) is 34.5 Å². The van der Waals surface area contributed by atoms with Crippen molar-refractivity contribution in [3.05, 3.63) is 94.0 Å². The van der Waals surface area contributed by atoms with Gasteiger partial charge in [0.2, 0.25) is 5.75 Å². The Kier molecular flexibility index (Phi) is 7.73. The van der Waals surface area contributed by atoms with E-state index in [0.717, 1.165) is 54.8 Å². The van der Waals surface area contributed by atoms with Crippen LogP contribution < -0.4 is 23.7 Å². The van der Waals surface area contributed by atoms with Crippen LogP contribution in [-0.4, -0.2) is 70.1 Å². The monoisotopic (exact) mass is 623 g/mol. The molecule has 6 bridgehead atoms. The van der Waals surface area contributed by atoms with Crippen LogP contribution >= 0.6 is 0 Å². The largest absolute Gasteiger partial charge is 0.502 e. The number of fused-ring (bicyclic) bond motifs is 2. The molecule has 4 aromatic rings. The zero-order valence-corrected chi connectivity index (χ0v) is 27.6. The summed E-state index contributed by atoms with van der Waals surface area (Å²) in [7, 11) is 11.6. The minimum Gasteiger partial charge on any atom is -0.502 e. The van der Waals surface area contributed by atoms with Gasteiger partial charge in [-0.25, -0.2) is 0 Å². The van der Waals surface area contributed by atoms with Crippen LogP contribution in [0.15, 0.2) is 60.7 Å². The van der Waals surface area contributed by atoms with E-state index in [1.807, 2.05) is 24.3 Å². The van der Waals surface area contributed by atoms with Crippen LogP contribution in [0.3, 0.4) is 0 Å². The summed E-state index contributed by atoms with van der Waals surface area (Å²) in [6.45, 7) is 1.87. The van der Waals surface area contributed by atoms with Gasteiger partial charge in [-0.15, -0.1) is 0 Å². The van der Waals surface area contributed by atoms with Gasteiger partial charge in [0.05, 0.1) is 47.5 Å². The highest BCUT2D eigenvalue weighted by molar-refractivity contribution is 5.62. The third-order valence-electron chi connectivity index (χ3n) is 10.2. The zero-order valence-electron chi connectivity index (χ0n) is 27.6. The number of benzene rings is 4. The van der Waals surface area contributed by atoms with Crippen LogP contribution in [0.2, 0.25) is 0 Å². The second kappa shape index (κ2) is 11.8. The van der Waals surface area contributed by atoms with Crippen molar-refractivity contribution in [2.45, 2.75) is 37.8 Å². The maximum atomic E-state index is 11.7. The van der Waals surface area contributed by atoms with E-state index in [1.54, 1.807) is 21.3 Å². The standard InChI is InChI=1S/C38H42N2O6/c1-39-15-13-25-20-32(43-5)34-22-28(25)29(39)17-23-7-10-27(11-8-23)45-33-19-24(9-12-31(33)42-4)18-30-36-26(14-16-40(30,2)3)21-35(44-6)37(41)38(36)46-34/h7-12,19-22,29-30H,13-18H2,1-6H3/p+1. The molecule has 4 heterocycles. The zero-order chi connectivity index (χ0) is 32.2. The molecule has 240 valence electrons. The Labute approximate surface area is 271 Å². The number of likely N-dealkylation sites (N-methyl/N-ethyl adjacent to an activating group) is 2. The molecule has 0 saturated heterocycles. The smallest absolute Gasteiger partial charge is 0.201 e. The number of hydrogen-bond donors (Lipinski definition) is 1. The first-order chi connectivity index (χ1) is 22.2. The van der Waals surface area contributed by atoms with Crippen LogP contribution in [0.1, 0.15) is 45.5 Å². The lowest BCUT2D eigenvalue weighted by Crippen LogP contribution is -2.48. The van der Waals surface area contributed by atoms with Gasteiger partial charge >= 0.3 is 0 Å². The van der Waals surface area contributed by atoms with Crippen LogP contribution in [-0.2, 0) is 25.7 Å². The first-order valence-electron chi connectivity index (χ1n) is 16.0. The van der Waals surface area contributed by atoms with Gasteiger partial charge in [0.25, 0.3) is 0 Å². The Morgan fingerprint density at radius 2 is 1.46 bits per heavy atom. The number of nitrogens with zero attached hydrogens (tertiary/aromatic N) is 2. The van der Waals surface area contributed by atoms with Crippen molar-refractivity contribution in [2.24, 2.45) is 0 Å². The molecule has 0 aliphatic carbocycles. The summed E-state index contributed by atoms with van der Waals surface area (Å²) < 4.78 is 31.4. The fraction of sp³-hybridized carbons (Fsp3) is 0.368. The number of phenols is 1. The molecule has 4 aliphatic heterocycles. The molecule has 0 spiro atoms. The average molecular weight is 624 g/mol. The van der Waals surface area contributed by atoms with E-state index in [1.165, 1.54) is 16.7 Å². The van der Waals surface area contributed by atoms with Crippen molar-refractivity contribution < 1.29 is 33.3 Å². The predicted molar refractivity (Wildman–Crippen MR) is 177 cm³/mol. The van der Waals surface area contributed by atoms with Gasteiger partial charge in [-0.1, -0.05) is 18.2 Å². The minimum atomic E-state index is -0.0301. The molecule has 0 saturated carbocycles. The summed E-state index contributed by atoms with van der Waals surface area (Å²) in [5.74, 6) is 4.15. The SMILES string of the molecule is COc1ccc2cc1Oc1ccc(cc1)CC1c3cc(c(OC)cc3CCN1C)Oc1c(O)c(OC)cc3c1C(C2)[N+](C)(C)CC3. The second-order valence-corrected chi connectivity index (χ2v) is 13.3. The predicted octanol–water partition coefficient (Wildman–Crippen LogP) is 7.00. The Morgan fingerprint density at radius 1 is 0.761 bits per heavy atom. The summed E-state index contributed by atoms with van der Waals surface area (Å²) in [5, 5.41) is 11.7. The van der Waals surface area contributed by atoms with Gasteiger partial charge in [-0.2, -0.15) is 0 Å². The van der Waals surface area contributed by atoms with E-state index in [4.69, 9.17) is 23.7 Å². The Balaban J connectivity index is 1.47. The van der Waals surface area contributed by atoms with E-state index < -0.39 is 0 Å². The lowest BCUT2D eigenvalue weighted by molar-refractivity contribution is -0.923. The molecule has 0 aromatic heterocycles. The molecule has 46 heavy (non-hydrogen) atoms. The van der Waals surface area contributed by atoms with Gasteiger partial charge in [0.1, 0.15) is 11.8 Å². The van der Waals surface area contributed by atoms with E-state index in [9.17, 15) is 5.11 Å². The summed E-state index contributed by atoms with van der Waals surface area (Å²) in [4.78, 5) is 2.40. The Bertz CT molecular complexity index is 1780. The Morgan fingerprint density at radius 3 is 2.20 bits per heavy atom. The van der Waals surface area contributed by atoms with Crippen LogP contribution in [0.5, 0.6) is 46.0 Å². The van der Waals surface area contributed by atoms with Crippen molar-refractivity contribution in [3.63, 3.8) is 0 Å². The van der Waals surface area contributed by atoms with Crippen molar-refractivity contribution in [2.75, 3.05) is 55.6 Å². The van der Waals surface area contributed by atoms with Gasteiger partial charge in [-0.05, 0) is 90.2 Å². The second-order valence-electron chi connectivity index (χ2n) is 13.3. The number of aromatic hydroxyl groups is 1. The molecule has 8 rings (SSSR count). The molecule has 8 nitrogen and oxygen atoms in total. The van der Waals surface area contributed by atoms with Gasteiger partial charge < -0.3 is 33.3 Å². The molecular formula is C38H43N2O6+. The molecular weight excluding hydrogens is 580 g/mol. The molecule has 2 atom stereocenters. The van der Waals surface area contributed by atoms with E-state index in [-0.39, 0.29) is 17.8 Å². The first-order valence-corrected chi connectivity index (χ1v) is 16.0. The Hall–Kier alpha value is -4.40. The van der Waals surface area contributed by atoms with Crippen LogP contribution in [0.25, 0.3) is 0 Å². The molecule has 0 radical (unpaired) electrons. The molecule has 2 unspecified atom stereocenters. The molecule has 1 N–H and O–H groups in total. The van der Waals surface area contributed by atoms with E-state index in [2.05, 4.69) is 62.4 Å². The lowest BCUT2D eigenvalue weighted by atomic mass is 9.85. The molecule has 4 aliphatic rings. The number of rotatable bonds is 3. The quantitative estimate of drug-likeness (QED) is 0.247. The van der Waals surface area contributed by atoms with Crippen molar-refractivity contribution in [1.82, 2.24) is 4.90 Å². The minimum absolute atomic E-state index is 0.00529. The maximum absolute atomic E-state index is 11.7. The molecule has 8 heteroatoms. The fourth-order valence-electron chi connectivity index (χ4n) is 7.43. The van der Waals surface area contributed by atoms with Gasteiger partial charge in [-0.3, -0.25) is 4.90 Å². The number of methoxy groups -OCH3 is 3. The highest BCUT2D eigenvalue weighted by atomic mass is 16.5. The lowest BCUT2D eigenvalue weighted by Gasteiger charge is -2.43. The third kappa shape index (κ3) is 5.29. The highest BCUT2D eigenvalue weighted by Crippen LogP contribution is 2.52. The first kappa shape index (κ1) is 30.3. The average Bonchev–Trinajstić information content (AvgIpc) is 3.05. The molecule has 0 amide bonds. The normalized spacial score (nSPS) is 20.0. The summed E-state index contributed by atoms with van der Waals surface area (Å²) in [5.41, 5.74) is 6.85. The maximum Gasteiger partial charge on any atom is 0.201 e. The summed E-state index contributed by atoms with van der Waals surface area (Å²) >= 11 is 0. The van der Waals surface area contributed by atoms with Crippen molar-refractivity contribution >= 4 is 0 Å². The van der Waals surface area contributed by atoms with E-state index in [0.29, 0.717) is 45.4 Å². The number of phenolic OH excluding ortho intramolecular Hbond substituents is 1. The highest BCUT2D eigenvalue weighted by Gasteiger charge is 2.41. The van der Waals surface area contributed by atoms with Crippen LogP contribution in [0, 0.1) is 0 Å². The fourth-order valence-corrected chi connectivity index (χ4v) is 7.43. The van der Waals surface area contributed by atoms with Crippen LogP contribution in [0.4, 0.5) is 0 Å². The number of ether oxygens (including phenoxy) is 5. The van der Waals surface area contributed by atoms with Crippen molar-refractivity contribution in [3.8, 4) is 46.0 Å². The van der Waals surface area contributed by atoms with Gasteiger partial charge in [0, 0.05) is 25.4 Å². The van der Waals surface area contributed by atoms with Crippen molar-refractivity contribution in [1.29, 1.82) is 0 Å². The summed E-state index contributed by atoms with van der Waals surface area (Å²) in [6.07, 6.45) is 3.25. The molecule has 4 aromatic carbocycles. The van der Waals surface area contributed by atoms with E-state index >= 15 is 0 Å². The molecule has 0 fully saturated rings. The summed E-state index contributed by atoms with van der Waals surface area (Å²) in [6, 6.07) is 20.8. The number of quaternary nitrogens is 1.